The highest BCUT2D eigenvalue weighted by molar-refractivity contribution is 9.10. The van der Waals surface area contributed by atoms with Gasteiger partial charge >= 0.3 is 5.91 Å². The van der Waals surface area contributed by atoms with Crippen LogP contribution >= 0.6 is 27.3 Å². The van der Waals surface area contributed by atoms with Crippen LogP contribution in [0.15, 0.2) is 58.6 Å². The van der Waals surface area contributed by atoms with Gasteiger partial charge in [0, 0.05) is 5.56 Å². The first kappa shape index (κ1) is 25.7. The summed E-state index contributed by atoms with van der Waals surface area (Å²) in [6, 6.07) is 12.9. The first-order valence-electron chi connectivity index (χ1n) is 11.5. The van der Waals surface area contributed by atoms with Crippen LogP contribution in [-0.4, -0.2) is 41.1 Å². The van der Waals surface area contributed by atoms with Gasteiger partial charge in [0.1, 0.15) is 11.5 Å². The molecule has 5 rings (SSSR count). The van der Waals surface area contributed by atoms with E-state index < -0.39 is 17.7 Å². The van der Waals surface area contributed by atoms with Gasteiger partial charge in [-0.15, -0.1) is 0 Å². The van der Waals surface area contributed by atoms with Crippen LogP contribution in [0.1, 0.15) is 28.3 Å². The van der Waals surface area contributed by atoms with E-state index in [9.17, 15) is 19.8 Å². The maximum Gasteiger partial charge on any atom is 0.301 e. The molecule has 1 aromatic heterocycles. The number of ketones is 1. The number of benzene rings is 3. The maximum absolute atomic E-state index is 13.6. The Labute approximate surface area is 230 Å². The molecule has 2 heterocycles. The van der Waals surface area contributed by atoms with Gasteiger partial charge in [0.2, 0.25) is 0 Å². The quantitative estimate of drug-likeness (QED) is 0.165. The predicted octanol–water partition coefficient (Wildman–Crippen LogP) is 6.02. The van der Waals surface area contributed by atoms with Crippen LogP contribution in [0.3, 0.4) is 0 Å². The minimum atomic E-state index is -1.04. The van der Waals surface area contributed by atoms with Crippen LogP contribution < -0.4 is 14.4 Å². The van der Waals surface area contributed by atoms with Gasteiger partial charge in [-0.25, -0.2) is 4.98 Å². The van der Waals surface area contributed by atoms with E-state index in [-0.39, 0.29) is 28.0 Å². The Morgan fingerprint density at radius 1 is 1.05 bits per heavy atom. The maximum atomic E-state index is 13.6. The summed E-state index contributed by atoms with van der Waals surface area (Å²) in [6.45, 7) is 3.70. The van der Waals surface area contributed by atoms with Crippen LogP contribution in [0.25, 0.3) is 16.0 Å². The molecule has 2 N–H and O–H groups in total. The molecular weight excluding hydrogens is 572 g/mol. The zero-order valence-corrected chi connectivity index (χ0v) is 23.3. The average molecular weight is 595 g/mol. The smallest absolute Gasteiger partial charge is 0.301 e. The number of carbonyl (C=O) groups excluding carboxylic acids is 2. The standard InChI is InChI=1S/C28H23BrN2O6S/c1-13-5-6-14(2)17(9-13)24(32)22-23(15-10-18(29)25(33)20(11-15)37-4)31(27(35)26(22)34)28-30-19-8-7-16(36-3)12-21(19)38-28/h5-12,23,32-33H,1-4H3. The monoisotopic (exact) mass is 594 g/mol. The van der Waals surface area contributed by atoms with Crippen molar-refractivity contribution in [2.75, 3.05) is 19.1 Å². The Kier molecular flexibility index (Phi) is 6.62. The molecule has 0 spiro atoms. The first-order chi connectivity index (χ1) is 18.1. The number of anilines is 1. The fourth-order valence-electron chi connectivity index (χ4n) is 4.51. The molecule has 1 saturated heterocycles. The number of phenolic OH excluding ortho intramolecular Hbond substituents is 1. The molecule has 38 heavy (non-hydrogen) atoms. The largest absolute Gasteiger partial charge is 0.507 e. The van der Waals surface area contributed by atoms with Crippen molar-refractivity contribution in [2.24, 2.45) is 0 Å². The highest BCUT2D eigenvalue weighted by Gasteiger charge is 2.48. The van der Waals surface area contributed by atoms with Crippen LogP contribution in [-0.2, 0) is 9.59 Å². The molecule has 8 nitrogen and oxygen atoms in total. The number of aryl methyl sites for hydroxylation is 2. The van der Waals surface area contributed by atoms with Gasteiger partial charge in [-0.1, -0.05) is 29.0 Å². The number of phenols is 1. The van der Waals surface area contributed by atoms with Gasteiger partial charge in [-0.2, -0.15) is 0 Å². The molecule has 194 valence electrons. The van der Waals surface area contributed by atoms with Crippen LogP contribution in [0.5, 0.6) is 17.2 Å². The lowest BCUT2D eigenvalue weighted by atomic mass is 9.93. The van der Waals surface area contributed by atoms with E-state index in [4.69, 9.17) is 9.47 Å². The number of hydrogen-bond acceptors (Lipinski definition) is 8. The van der Waals surface area contributed by atoms with E-state index in [0.29, 0.717) is 26.9 Å². The summed E-state index contributed by atoms with van der Waals surface area (Å²) in [6.07, 6.45) is 0. The summed E-state index contributed by atoms with van der Waals surface area (Å²) < 4.78 is 11.7. The molecule has 1 unspecified atom stereocenters. The number of hydrogen-bond donors (Lipinski definition) is 2. The highest BCUT2D eigenvalue weighted by Crippen LogP contribution is 2.47. The zero-order valence-electron chi connectivity index (χ0n) is 20.9. The number of halogens is 1. The normalized spacial score (nSPS) is 16.9. The molecule has 1 amide bonds. The molecule has 1 atom stereocenters. The Morgan fingerprint density at radius 3 is 2.53 bits per heavy atom. The second-order valence-electron chi connectivity index (χ2n) is 8.87. The Hall–Kier alpha value is -3.89. The Bertz CT molecular complexity index is 1660. The highest BCUT2D eigenvalue weighted by atomic mass is 79.9. The van der Waals surface area contributed by atoms with Crippen molar-refractivity contribution in [1.29, 1.82) is 0 Å². The van der Waals surface area contributed by atoms with E-state index in [1.54, 1.807) is 37.4 Å². The van der Waals surface area contributed by atoms with Crippen molar-refractivity contribution in [3.05, 3.63) is 80.8 Å². The van der Waals surface area contributed by atoms with Crippen molar-refractivity contribution in [2.45, 2.75) is 19.9 Å². The van der Waals surface area contributed by atoms with Gasteiger partial charge in [-0.3, -0.25) is 14.5 Å². The first-order valence-corrected chi connectivity index (χ1v) is 13.1. The number of amides is 1. The number of carbonyl (C=O) groups is 2. The fraction of sp³-hybridized carbons (Fsp3) is 0.179. The van der Waals surface area contributed by atoms with E-state index in [2.05, 4.69) is 20.9 Å². The number of methoxy groups -OCH3 is 2. The number of rotatable bonds is 5. The lowest BCUT2D eigenvalue weighted by molar-refractivity contribution is -0.132. The van der Waals surface area contributed by atoms with Crippen LogP contribution in [0.2, 0.25) is 0 Å². The number of aromatic hydroxyl groups is 1. The Morgan fingerprint density at radius 2 is 1.82 bits per heavy atom. The third-order valence-electron chi connectivity index (χ3n) is 6.47. The van der Waals surface area contributed by atoms with Crippen molar-refractivity contribution >= 4 is 60.1 Å². The van der Waals surface area contributed by atoms with Gasteiger partial charge in [0.05, 0.1) is 40.5 Å². The number of ether oxygens (including phenoxy) is 2. The zero-order chi connectivity index (χ0) is 27.3. The van der Waals surface area contributed by atoms with Crippen molar-refractivity contribution in [3.63, 3.8) is 0 Å². The van der Waals surface area contributed by atoms with Crippen LogP contribution in [0.4, 0.5) is 5.13 Å². The Balaban J connectivity index is 1.79. The summed E-state index contributed by atoms with van der Waals surface area (Å²) in [4.78, 5) is 33.1. The van der Waals surface area contributed by atoms with Crippen LogP contribution in [0, 0.1) is 13.8 Å². The van der Waals surface area contributed by atoms with Gasteiger partial charge in [0.15, 0.2) is 16.6 Å². The van der Waals surface area contributed by atoms with Gasteiger partial charge in [0.25, 0.3) is 5.78 Å². The molecule has 0 saturated carbocycles. The van der Waals surface area contributed by atoms with E-state index in [1.165, 1.54) is 29.4 Å². The molecule has 1 aliphatic heterocycles. The minimum Gasteiger partial charge on any atom is -0.507 e. The van der Waals surface area contributed by atoms with Crippen molar-refractivity contribution < 1.29 is 29.3 Å². The molecule has 4 aromatic rings. The number of nitrogens with zero attached hydrogens (tertiary/aromatic N) is 2. The molecule has 0 bridgehead atoms. The lowest BCUT2D eigenvalue weighted by Crippen LogP contribution is -2.29. The molecular formula is C28H23BrN2O6S. The molecule has 1 aliphatic rings. The minimum absolute atomic E-state index is 0.0832. The molecule has 0 aliphatic carbocycles. The summed E-state index contributed by atoms with van der Waals surface area (Å²) in [5.41, 5.74) is 3.07. The number of Topliss-reactive ketones (excluding diaryl/α,β-unsaturated/α-hetero) is 1. The number of aromatic nitrogens is 1. The summed E-state index contributed by atoms with van der Waals surface area (Å²) in [5.74, 6) is -1.31. The molecule has 10 heteroatoms. The average Bonchev–Trinajstić information content (AvgIpc) is 3.44. The lowest BCUT2D eigenvalue weighted by Gasteiger charge is -2.24. The molecule has 3 aromatic carbocycles. The van der Waals surface area contributed by atoms with Gasteiger partial charge < -0.3 is 19.7 Å². The summed E-state index contributed by atoms with van der Waals surface area (Å²) in [5, 5.41) is 22.2. The van der Waals surface area contributed by atoms with E-state index in [0.717, 1.165) is 15.8 Å². The molecule has 1 fully saturated rings. The number of aliphatic hydroxyl groups is 1. The fourth-order valence-corrected chi connectivity index (χ4v) is 5.99. The SMILES string of the molecule is COc1ccc2nc(N3C(=O)C(=O)C(=C(O)c4cc(C)ccc4C)C3c3cc(Br)c(O)c(OC)c3)sc2c1. The number of aliphatic hydroxyl groups excluding tert-OH is 1. The van der Waals surface area contributed by atoms with E-state index in [1.807, 2.05) is 26.0 Å². The third-order valence-corrected chi connectivity index (χ3v) is 8.09. The topological polar surface area (TPSA) is 109 Å². The molecule has 0 radical (unpaired) electrons. The number of thiazole rings is 1. The summed E-state index contributed by atoms with van der Waals surface area (Å²) in [7, 11) is 2.96. The second kappa shape index (κ2) is 9.77. The van der Waals surface area contributed by atoms with Crippen molar-refractivity contribution in [3.8, 4) is 17.2 Å². The number of fused-ring (bicyclic) bond motifs is 1. The second-order valence-corrected chi connectivity index (χ2v) is 10.7. The van der Waals surface area contributed by atoms with Crippen molar-refractivity contribution in [1.82, 2.24) is 4.98 Å². The van der Waals surface area contributed by atoms with E-state index >= 15 is 0 Å². The van der Waals surface area contributed by atoms with Gasteiger partial charge in [-0.05, 0) is 77.3 Å². The third kappa shape index (κ3) is 4.19. The predicted molar refractivity (Wildman–Crippen MR) is 149 cm³/mol. The summed E-state index contributed by atoms with van der Waals surface area (Å²) >= 11 is 4.56.